The van der Waals surface area contributed by atoms with E-state index < -0.39 is 10.0 Å². The van der Waals surface area contributed by atoms with E-state index in [0.717, 1.165) is 41.9 Å². The van der Waals surface area contributed by atoms with Crippen molar-refractivity contribution in [2.24, 2.45) is 0 Å². The fourth-order valence-electron chi connectivity index (χ4n) is 3.65. The number of benzene rings is 1. The lowest BCUT2D eigenvalue weighted by Crippen LogP contribution is -2.25. The summed E-state index contributed by atoms with van der Waals surface area (Å²) in [4.78, 5) is 4.75. The third-order valence-corrected chi connectivity index (χ3v) is 6.85. The summed E-state index contributed by atoms with van der Waals surface area (Å²) in [5.41, 5.74) is 2.50. The van der Waals surface area contributed by atoms with Gasteiger partial charge in [0.25, 0.3) is 0 Å². The third-order valence-electron chi connectivity index (χ3n) is 5.05. The summed E-state index contributed by atoms with van der Waals surface area (Å²) in [6, 6.07) is 6.76. The van der Waals surface area contributed by atoms with Crippen molar-refractivity contribution in [2.75, 3.05) is 18.9 Å². The SMILES string of the molecule is CNS(=O)(=O)c1cccc(-c2cnc3c(c2Cl)C2(CC=CC2)CN3)c1. The zero-order valence-electron chi connectivity index (χ0n) is 13.7. The van der Waals surface area contributed by atoms with E-state index >= 15 is 0 Å². The normalized spacial score (nSPS) is 17.7. The van der Waals surface area contributed by atoms with Crippen LogP contribution in [0.5, 0.6) is 0 Å². The Bertz CT molecular complexity index is 978. The van der Waals surface area contributed by atoms with Crippen molar-refractivity contribution in [3.63, 3.8) is 0 Å². The Morgan fingerprint density at radius 2 is 2.04 bits per heavy atom. The monoisotopic (exact) mass is 375 g/mol. The first-order valence-corrected chi connectivity index (χ1v) is 9.95. The van der Waals surface area contributed by atoms with Gasteiger partial charge in [-0.15, -0.1) is 0 Å². The summed E-state index contributed by atoms with van der Waals surface area (Å²) in [5.74, 6) is 0.830. The molecular weight excluding hydrogens is 358 g/mol. The van der Waals surface area contributed by atoms with Crippen LogP contribution in [-0.2, 0) is 15.4 Å². The van der Waals surface area contributed by atoms with Gasteiger partial charge in [0, 0.05) is 29.3 Å². The number of pyridine rings is 1. The maximum absolute atomic E-state index is 12.1. The van der Waals surface area contributed by atoms with E-state index in [1.165, 1.54) is 7.05 Å². The van der Waals surface area contributed by atoms with Crippen LogP contribution in [-0.4, -0.2) is 27.0 Å². The molecule has 1 aromatic heterocycles. The Balaban J connectivity index is 1.85. The van der Waals surface area contributed by atoms with Crippen LogP contribution >= 0.6 is 11.6 Å². The van der Waals surface area contributed by atoms with Crippen molar-refractivity contribution in [1.29, 1.82) is 0 Å². The average Bonchev–Trinajstić information content (AvgIpc) is 3.24. The van der Waals surface area contributed by atoms with Crippen molar-refractivity contribution in [3.8, 4) is 11.1 Å². The number of halogens is 1. The molecule has 7 heteroatoms. The predicted octanol–water partition coefficient (Wildman–Crippen LogP) is 3.32. The maximum atomic E-state index is 12.1. The van der Waals surface area contributed by atoms with E-state index in [1.807, 2.05) is 6.07 Å². The van der Waals surface area contributed by atoms with Crippen LogP contribution in [0.15, 0.2) is 47.5 Å². The van der Waals surface area contributed by atoms with E-state index in [9.17, 15) is 8.42 Å². The lowest BCUT2D eigenvalue weighted by Gasteiger charge is -2.24. The molecule has 4 rings (SSSR count). The summed E-state index contributed by atoms with van der Waals surface area (Å²) >= 11 is 6.79. The number of hydrogen-bond donors (Lipinski definition) is 2. The van der Waals surface area contributed by atoms with Gasteiger partial charge in [-0.05, 0) is 37.6 Å². The Kier molecular flexibility index (Phi) is 3.86. The van der Waals surface area contributed by atoms with E-state index in [-0.39, 0.29) is 10.3 Å². The minimum atomic E-state index is -3.51. The molecule has 0 radical (unpaired) electrons. The van der Waals surface area contributed by atoms with Gasteiger partial charge in [-0.25, -0.2) is 18.1 Å². The van der Waals surface area contributed by atoms with Crippen LogP contribution in [0.1, 0.15) is 18.4 Å². The van der Waals surface area contributed by atoms with Crippen molar-refractivity contribution in [1.82, 2.24) is 9.71 Å². The number of anilines is 1. The van der Waals surface area contributed by atoms with Gasteiger partial charge >= 0.3 is 0 Å². The molecule has 1 aliphatic carbocycles. The van der Waals surface area contributed by atoms with E-state index in [2.05, 4.69) is 27.2 Å². The van der Waals surface area contributed by atoms with Crippen LogP contribution in [0.25, 0.3) is 11.1 Å². The molecule has 2 N–H and O–H groups in total. The maximum Gasteiger partial charge on any atom is 0.240 e. The van der Waals surface area contributed by atoms with Crippen LogP contribution in [0.2, 0.25) is 5.02 Å². The van der Waals surface area contributed by atoms with E-state index in [1.54, 1.807) is 24.4 Å². The second-order valence-corrected chi connectivity index (χ2v) is 8.72. The molecule has 0 atom stereocenters. The molecule has 0 saturated carbocycles. The molecule has 2 heterocycles. The van der Waals surface area contributed by atoms with Gasteiger partial charge in [0.15, 0.2) is 0 Å². The van der Waals surface area contributed by atoms with Gasteiger partial charge in [-0.2, -0.15) is 0 Å². The zero-order valence-corrected chi connectivity index (χ0v) is 15.3. The fraction of sp³-hybridized carbons (Fsp3) is 0.278. The smallest absolute Gasteiger partial charge is 0.240 e. The molecule has 0 fully saturated rings. The third kappa shape index (κ3) is 2.56. The zero-order chi connectivity index (χ0) is 17.7. The van der Waals surface area contributed by atoms with Crippen molar-refractivity contribution < 1.29 is 8.42 Å². The van der Waals surface area contributed by atoms with Crippen molar-refractivity contribution in [2.45, 2.75) is 23.2 Å². The van der Waals surface area contributed by atoms with Crippen LogP contribution in [0.4, 0.5) is 5.82 Å². The number of rotatable bonds is 3. The van der Waals surface area contributed by atoms with Crippen LogP contribution in [0.3, 0.4) is 0 Å². The largest absolute Gasteiger partial charge is 0.369 e. The highest BCUT2D eigenvalue weighted by atomic mass is 35.5. The quantitative estimate of drug-likeness (QED) is 0.807. The number of nitrogens with zero attached hydrogens (tertiary/aromatic N) is 1. The second kappa shape index (κ2) is 5.83. The van der Waals surface area contributed by atoms with Gasteiger partial charge < -0.3 is 5.32 Å². The van der Waals surface area contributed by atoms with Gasteiger partial charge in [0.2, 0.25) is 10.0 Å². The Morgan fingerprint density at radius 3 is 2.76 bits per heavy atom. The number of aromatic nitrogens is 1. The van der Waals surface area contributed by atoms with Crippen molar-refractivity contribution in [3.05, 3.63) is 53.2 Å². The standard InChI is InChI=1S/C18H18ClN3O2S/c1-20-25(23,24)13-6-4-5-12(9-13)14-10-21-17-15(16(14)19)18(11-22-17)7-2-3-8-18/h2-6,9-10,20H,7-8,11H2,1H3,(H,21,22). The molecule has 0 amide bonds. The molecule has 2 aromatic rings. The molecule has 2 aliphatic rings. The Hall–Kier alpha value is -1.89. The number of hydrogen-bond acceptors (Lipinski definition) is 4. The van der Waals surface area contributed by atoms with E-state index in [0.29, 0.717) is 5.02 Å². The summed E-state index contributed by atoms with van der Waals surface area (Å²) < 4.78 is 26.5. The Labute approximate surface area is 152 Å². The minimum Gasteiger partial charge on any atom is -0.369 e. The number of allylic oxidation sites excluding steroid dienone is 2. The number of sulfonamides is 1. The van der Waals surface area contributed by atoms with Gasteiger partial charge in [0.05, 0.1) is 9.92 Å². The second-order valence-electron chi connectivity index (χ2n) is 6.46. The van der Waals surface area contributed by atoms with E-state index in [4.69, 9.17) is 11.6 Å². The summed E-state index contributed by atoms with van der Waals surface area (Å²) in [6.07, 6.45) is 7.94. The predicted molar refractivity (Wildman–Crippen MR) is 99.5 cm³/mol. The first-order valence-electron chi connectivity index (χ1n) is 8.09. The fourth-order valence-corrected chi connectivity index (χ4v) is 4.87. The number of nitrogens with one attached hydrogen (secondary N) is 2. The minimum absolute atomic E-state index is 0.0376. The highest BCUT2D eigenvalue weighted by Crippen LogP contribution is 2.49. The molecule has 0 unspecified atom stereocenters. The summed E-state index contributed by atoms with van der Waals surface area (Å²) in [6.45, 7) is 0.819. The van der Waals surface area contributed by atoms with Gasteiger partial charge in [-0.3, -0.25) is 0 Å². The van der Waals surface area contributed by atoms with Gasteiger partial charge in [-0.1, -0.05) is 35.9 Å². The lowest BCUT2D eigenvalue weighted by atomic mass is 9.80. The topological polar surface area (TPSA) is 71.1 Å². The summed E-state index contributed by atoms with van der Waals surface area (Å²) in [7, 11) is -2.11. The Morgan fingerprint density at radius 1 is 1.28 bits per heavy atom. The highest BCUT2D eigenvalue weighted by molar-refractivity contribution is 7.89. The first-order chi connectivity index (χ1) is 12.0. The van der Waals surface area contributed by atoms with Crippen LogP contribution < -0.4 is 10.0 Å². The molecular formula is C18H18ClN3O2S. The average molecular weight is 376 g/mol. The number of fused-ring (bicyclic) bond motifs is 2. The molecule has 0 saturated heterocycles. The lowest BCUT2D eigenvalue weighted by molar-refractivity contribution is 0.509. The highest BCUT2D eigenvalue weighted by Gasteiger charge is 2.42. The molecule has 1 spiro atoms. The molecule has 25 heavy (non-hydrogen) atoms. The van der Waals surface area contributed by atoms with Gasteiger partial charge in [0.1, 0.15) is 5.82 Å². The molecule has 1 aliphatic heterocycles. The first kappa shape index (κ1) is 16.6. The molecule has 1 aromatic carbocycles. The van der Waals surface area contributed by atoms with Crippen LogP contribution in [0, 0.1) is 0 Å². The van der Waals surface area contributed by atoms with Crippen molar-refractivity contribution >= 4 is 27.4 Å². The molecule has 5 nitrogen and oxygen atoms in total. The molecule has 130 valence electrons. The summed E-state index contributed by atoms with van der Waals surface area (Å²) in [5, 5.41) is 4.01. The molecule has 0 bridgehead atoms.